The van der Waals surface area contributed by atoms with E-state index >= 15 is 0 Å². The standard InChI is InChI=1S/C18H21N3O4/c1-10(2)15(17-20-16(21-25-17)12-7-8-12)19-14(22)9-11-3-5-13(6-4-11)18(23)24/h3-6,10,12,15H,7-9H2,1-2H3,(H,19,22)(H,23,24). The van der Waals surface area contributed by atoms with E-state index in [0.29, 0.717) is 11.8 Å². The normalized spacial score (nSPS) is 15.2. The second-order valence-corrected chi connectivity index (χ2v) is 6.73. The summed E-state index contributed by atoms with van der Waals surface area (Å²) in [4.78, 5) is 27.6. The van der Waals surface area contributed by atoms with E-state index in [0.717, 1.165) is 24.2 Å². The molecule has 1 aromatic heterocycles. The minimum Gasteiger partial charge on any atom is -0.478 e. The smallest absolute Gasteiger partial charge is 0.335 e. The summed E-state index contributed by atoms with van der Waals surface area (Å²) in [5, 5.41) is 15.9. The first kappa shape index (κ1) is 17.1. The molecule has 0 radical (unpaired) electrons. The van der Waals surface area contributed by atoms with Crippen LogP contribution in [0.4, 0.5) is 0 Å². The van der Waals surface area contributed by atoms with Crippen molar-refractivity contribution in [3.63, 3.8) is 0 Å². The summed E-state index contributed by atoms with van der Waals surface area (Å²) in [5.74, 6) is 0.497. The van der Waals surface area contributed by atoms with Gasteiger partial charge in [0.1, 0.15) is 6.04 Å². The summed E-state index contributed by atoms with van der Waals surface area (Å²) < 4.78 is 5.34. The number of benzene rings is 1. The number of rotatable bonds is 7. The summed E-state index contributed by atoms with van der Waals surface area (Å²) in [6.07, 6.45) is 2.33. The lowest BCUT2D eigenvalue weighted by atomic mass is 10.0. The highest BCUT2D eigenvalue weighted by molar-refractivity contribution is 5.87. The fourth-order valence-electron chi connectivity index (χ4n) is 2.57. The van der Waals surface area contributed by atoms with Gasteiger partial charge < -0.3 is 14.9 Å². The van der Waals surface area contributed by atoms with E-state index < -0.39 is 5.97 Å². The van der Waals surface area contributed by atoms with Gasteiger partial charge in [-0.2, -0.15) is 4.98 Å². The molecule has 7 nitrogen and oxygen atoms in total. The molecule has 0 saturated heterocycles. The number of aromatic carboxylic acids is 1. The molecule has 7 heteroatoms. The maximum Gasteiger partial charge on any atom is 0.335 e. The Morgan fingerprint density at radius 3 is 2.52 bits per heavy atom. The first-order chi connectivity index (χ1) is 11.9. The lowest BCUT2D eigenvalue weighted by molar-refractivity contribution is -0.121. The van der Waals surface area contributed by atoms with E-state index in [2.05, 4.69) is 15.5 Å². The molecule has 2 N–H and O–H groups in total. The number of hydrogen-bond donors (Lipinski definition) is 2. The molecule has 1 aliphatic rings. The van der Waals surface area contributed by atoms with Gasteiger partial charge in [0, 0.05) is 5.92 Å². The van der Waals surface area contributed by atoms with Crippen molar-refractivity contribution >= 4 is 11.9 Å². The number of nitrogens with one attached hydrogen (secondary N) is 1. The third-order valence-corrected chi connectivity index (χ3v) is 4.21. The molecule has 0 spiro atoms. The number of nitrogens with zero attached hydrogens (tertiary/aromatic N) is 2. The van der Waals surface area contributed by atoms with Crippen LogP contribution < -0.4 is 5.32 Å². The largest absolute Gasteiger partial charge is 0.478 e. The van der Waals surface area contributed by atoms with Crippen LogP contribution in [-0.2, 0) is 11.2 Å². The summed E-state index contributed by atoms with van der Waals surface area (Å²) in [5.41, 5.74) is 0.942. The van der Waals surface area contributed by atoms with E-state index in [4.69, 9.17) is 9.63 Å². The minimum atomic E-state index is -0.987. The van der Waals surface area contributed by atoms with Gasteiger partial charge >= 0.3 is 5.97 Å². The van der Waals surface area contributed by atoms with Crippen molar-refractivity contribution in [2.45, 2.75) is 45.1 Å². The molecule has 3 rings (SSSR count). The fraction of sp³-hybridized carbons (Fsp3) is 0.444. The maximum atomic E-state index is 12.4. The Bertz CT molecular complexity index is 763. The highest BCUT2D eigenvalue weighted by Crippen LogP contribution is 2.38. The van der Waals surface area contributed by atoms with Crippen LogP contribution in [0.2, 0.25) is 0 Å². The van der Waals surface area contributed by atoms with Crippen molar-refractivity contribution in [3.8, 4) is 0 Å². The predicted octanol–water partition coefficient (Wildman–Crippen LogP) is 2.70. The first-order valence-electron chi connectivity index (χ1n) is 8.39. The Kier molecular flexibility index (Phi) is 4.83. The molecular weight excluding hydrogens is 322 g/mol. The molecule has 25 heavy (non-hydrogen) atoms. The van der Waals surface area contributed by atoms with Gasteiger partial charge in [-0.3, -0.25) is 4.79 Å². The van der Waals surface area contributed by atoms with Crippen molar-refractivity contribution < 1.29 is 19.2 Å². The third-order valence-electron chi connectivity index (χ3n) is 4.21. The summed E-state index contributed by atoms with van der Waals surface area (Å²) in [7, 11) is 0. The third kappa shape index (κ3) is 4.23. The van der Waals surface area contributed by atoms with Crippen LogP contribution >= 0.6 is 0 Å². The Morgan fingerprint density at radius 1 is 1.28 bits per heavy atom. The summed E-state index contributed by atoms with van der Waals surface area (Å²) >= 11 is 0. The van der Waals surface area contributed by atoms with Crippen LogP contribution in [0.25, 0.3) is 0 Å². The van der Waals surface area contributed by atoms with Gasteiger partial charge in [0.2, 0.25) is 11.8 Å². The second-order valence-electron chi connectivity index (χ2n) is 6.73. The van der Waals surface area contributed by atoms with Gasteiger partial charge in [0.05, 0.1) is 12.0 Å². The lowest BCUT2D eigenvalue weighted by Crippen LogP contribution is -2.33. The van der Waals surface area contributed by atoms with Crippen LogP contribution in [0.15, 0.2) is 28.8 Å². The molecule has 1 aromatic carbocycles. The van der Waals surface area contributed by atoms with E-state index in [1.54, 1.807) is 12.1 Å². The average Bonchev–Trinajstić information content (AvgIpc) is 3.31. The Morgan fingerprint density at radius 2 is 1.96 bits per heavy atom. The molecule has 2 aromatic rings. The van der Waals surface area contributed by atoms with Crippen molar-refractivity contribution in [1.82, 2.24) is 15.5 Å². The molecule has 1 unspecified atom stereocenters. The quantitative estimate of drug-likeness (QED) is 0.801. The molecule has 1 atom stereocenters. The first-order valence-corrected chi connectivity index (χ1v) is 8.39. The maximum absolute atomic E-state index is 12.4. The zero-order valence-electron chi connectivity index (χ0n) is 14.2. The molecular formula is C18H21N3O4. The number of carbonyl (C=O) groups is 2. The Labute approximate surface area is 145 Å². The number of amides is 1. The van der Waals surface area contributed by atoms with Gasteiger partial charge in [-0.25, -0.2) is 4.79 Å². The van der Waals surface area contributed by atoms with E-state index in [-0.39, 0.29) is 29.9 Å². The highest BCUT2D eigenvalue weighted by Gasteiger charge is 2.31. The van der Waals surface area contributed by atoms with Crippen molar-refractivity contribution in [1.29, 1.82) is 0 Å². The SMILES string of the molecule is CC(C)C(NC(=O)Cc1ccc(C(=O)O)cc1)c1nc(C2CC2)no1. The van der Waals surface area contributed by atoms with Crippen LogP contribution in [-0.4, -0.2) is 27.1 Å². The van der Waals surface area contributed by atoms with Gasteiger partial charge in [0.15, 0.2) is 5.82 Å². The lowest BCUT2D eigenvalue weighted by Gasteiger charge is -2.18. The van der Waals surface area contributed by atoms with E-state index in [1.165, 1.54) is 12.1 Å². The second kappa shape index (κ2) is 7.04. The van der Waals surface area contributed by atoms with Crippen LogP contribution in [0.5, 0.6) is 0 Å². The van der Waals surface area contributed by atoms with Gasteiger partial charge in [-0.15, -0.1) is 0 Å². The highest BCUT2D eigenvalue weighted by atomic mass is 16.5. The fourth-order valence-corrected chi connectivity index (χ4v) is 2.57. The molecule has 0 bridgehead atoms. The van der Waals surface area contributed by atoms with Crippen molar-refractivity contribution in [3.05, 3.63) is 47.1 Å². The molecule has 1 saturated carbocycles. The van der Waals surface area contributed by atoms with Crippen LogP contribution in [0.3, 0.4) is 0 Å². The van der Waals surface area contributed by atoms with E-state index in [1.807, 2.05) is 13.8 Å². The molecule has 1 amide bonds. The van der Waals surface area contributed by atoms with Crippen molar-refractivity contribution in [2.24, 2.45) is 5.92 Å². The number of carboxylic acids is 1. The minimum absolute atomic E-state index is 0.103. The zero-order chi connectivity index (χ0) is 18.0. The monoisotopic (exact) mass is 343 g/mol. The van der Waals surface area contributed by atoms with Gasteiger partial charge in [-0.05, 0) is 36.5 Å². The number of carbonyl (C=O) groups excluding carboxylic acids is 1. The van der Waals surface area contributed by atoms with Gasteiger partial charge in [-0.1, -0.05) is 31.1 Å². The number of carboxylic acid groups (broad SMARTS) is 1. The Balaban J connectivity index is 1.64. The van der Waals surface area contributed by atoms with Crippen LogP contribution in [0.1, 0.15) is 66.3 Å². The Hall–Kier alpha value is -2.70. The molecule has 1 aliphatic carbocycles. The topological polar surface area (TPSA) is 105 Å². The molecule has 1 fully saturated rings. The number of aromatic nitrogens is 2. The van der Waals surface area contributed by atoms with Crippen molar-refractivity contribution in [2.75, 3.05) is 0 Å². The molecule has 0 aliphatic heterocycles. The summed E-state index contributed by atoms with van der Waals surface area (Å²) in [6.45, 7) is 3.96. The predicted molar refractivity (Wildman–Crippen MR) is 89.1 cm³/mol. The molecule has 132 valence electrons. The van der Waals surface area contributed by atoms with Gasteiger partial charge in [0.25, 0.3) is 0 Å². The molecule has 1 heterocycles. The zero-order valence-corrected chi connectivity index (χ0v) is 14.2. The van der Waals surface area contributed by atoms with Crippen LogP contribution in [0, 0.1) is 5.92 Å². The summed E-state index contributed by atoms with van der Waals surface area (Å²) in [6, 6.07) is 5.93. The number of hydrogen-bond acceptors (Lipinski definition) is 5. The average molecular weight is 343 g/mol. The van der Waals surface area contributed by atoms with E-state index in [9.17, 15) is 9.59 Å².